The van der Waals surface area contributed by atoms with Crippen molar-refractivity contribution in [3.8, 4) is 0 Å². The van der Waals surface area contributed by atoms with Crippen molar-refractivity contribution in [2.45, 2.75) is 13.3 Å². The van der Waals surface area contributed by atoms with Crippen molar-refractivity contribution in [1.82, 2.24) is 0 Å². The Morgan fingerprint density at radius 2 is 2.08 bits per heavy atom. The molecule has 0 spiro atoms. The lowest BCUT2D eigenvalue weighted by molar-refractivity contribution is 1.14. The van der Waals surface area contributed by atoms with Crippen LogP contribution in [0, 0.1) is 5.39 Å². The third kappa shape index (κ3) is 2.96. The van der Waals surface area contributed by atoms with Crippen molar-refractivity contribution in [3.63, 3.8) is 0 Å². The first kappa shape index (κ1) is 9.27. The third-order valence-electron chi connectivity index (χ3n) is 1.74. The third-order valence-corrected chi connectivity index (χ3v) is 1.74. The van der Waals surface area contributed by atoms with Gasteiger partial charge in [0.2, 0.25) is 5.39 Å². The Morgan fingerprint density at radius 1 is 1.46 bits per heavy atom. The van der Waals surface area contributed by atoms with Gasteiger partial charge in [-0.1, -0.05) is 12.1 Å². The maximum absolute atomic E-state index is 8.29. The molecule has 0 atom stereocenters. The van der Waals surface area contributed by atoms with Gasteiger partial charge in [-0.3, -0.25) is 0 Å². The average Bonchev–Trinajstić information content (AvgIpc) is 2.09. The molecule has 2 N–H and O–H groups in total. The minimum atomic E-state index is 0.761. The molecule has 0 radical (unpaired) electrons. The van der Waals surface area contributed by atoms with Gasteiger partial charge in [-0.15, -0.1) is 0 Å². The molecule has 0 amide bonds. The monoisotopic (exact) mass is 174 g/mol. The molecular formula is C10H12N3+. The summed E-state index contributed by atoms with van der Waals surface area (Å²) in [6.45, 7) is 1.91. The van der Waals surface area contributed by atoms with E-state index in [1.54, 1.807) is 0 Å². The minimum absolute atomic E-state index is 0.761. The lowest BCUT2D eigenvalue weighted by Gasteiger charge is -1.98. The minimum Gasteiger partial charge on any atom is -0.399 e. The lowest BCUT2D eigenvalue weighted by atomic mass is 10.1. The van der Waals surface area contributed by atoms with Crippen LogP contribution in [-0.4, -0.2) is 0 Å². The van der Waals surface area contributed by atoms with Crippen LogP contribution in [0.1, 0.15) is 12.5 Å². The first-order valence-corrected chi connectivity index (χ1v) is 4.06. The molecule has 0 saturated heterocycles. The molecule has 0 aromatic heterocycles. The zero-order valence-corrected chi connectivity index (χ0v) is 7.57. The topological polar surface area (TPSA) is 54.2 Å². The Bertz CT molecular complexity index is 343. The van der Waals surface area contributed by atoms with Crippen LogP contribution in [0.25, 0.3) is 4.98 Å². The molecule has 13 heavy (non-hydrogen) atoms. The number of rotatable bonds is 2. The van der Waals surface area contributed by atoms with E-state index in [1.807, 2.05) is 31.2 Å². The summed E-state index contributed by atoms with van der Waals surface area (Å²) in [5, 5.41) is 8.29. The second-order valence-electron chi connectivity index (χ2n) is 3.01. The molecule has 1 rings (SSSR count). The fraction of sp³-hybridized carbons (Fsp3) is 0.200. The van der Waals surface area contributed by atoms with E-state index < -0.39 is 0 Å². The van der Waals surface area contributed by atoms with Gasteiger partial charge in [-0.25, -0.2) is 0 Å². The molecule has 0 unspecified atom stereocenters. The number of hydrogen-bond acceptors (Lipinski definition) is 2. The van der Waals surface area contributed by atoms with Crippen LogP contribution in [-0.2, 0) is 6.42 Å². The molecule has 0 saturated carbocycles. The zero-order valence-electron chi connectivity index (χ0n) is 7.57. The van der Waals surface area contributed by atoms with Gasteiger partial charge in [-0.05, 0) is 24.6 Å². The van der Waals surface area contributed by atoms with Gasteiger partial charge in [0, 0.05) is 17.7 Å². The van der Waals surface area contributed by atoms with E-state index in [0.717, 1.165) is 23.2 Å². The zero-order chi connectivity index (χ0) is 9.68. The van der Waals surface area contributed by atoms with Crippen LogP contribution in [0.3, 0.4) is 0 Å². The highest BCUT2D eigenvalue weighted by molar-refractivity contribution is 5.40. The number of benzene rings is 1. The Balaban J connectivity index is 2.71. The van der Waals surface area contributed by atoms with Crippen LogP contribution in [0.15, 0.2) is 36.0 Å². The Labute approximate surface area is 77.5 Å². The molecule has 0 heterocycles. The molecule has 3 nitrogen and oxygen atoms in total. The van der Waals surface area contributed by atoms with Gasteiger partial charge in [0.15, 0.2) is 4.98 Å². The summed E-state index contributed by atoms with van der Waals surface area (Å²) in [6, 6.07) is 7.64. The van der Waals surface area contributed by atoms with Crippen molar-refractivity contribution in [1.29, 1.82) is 5.39 Å². The fourth-order valence-corrected chi connectivity index (χ4v) is 1.10. The molecule has 1 aromatic carbocycles. The number of diazo groups is 1. The molecular weight excluding hydrogens is 162 g/mol. The van der Waals surface area contributed by atoms with Crippen LogP contribution in [0.5, 0.6) is 0 Å². The van der Waals surface area contributed by atoms with E-state index >= 15 is 0 Å². The second kappa shape index (κ2) is 4.27. The molecule has 0 aliphatic heterocycles. The number of nitrogens with zero attached hydrogens (tertiary/aromatic N) is 2. The molecule has 0 aliphatic rings. The predicted octanol–water partition coefficient (Wildman–Crippen LogP) is 2.57. The summed E-state index contributed by atoms with van der Waals surface area (Å²) in [6.07, 6.45) is 2.22. The van der Waals surface area contributed by atoms with Gasteiger partial charge in [0.05, 0.1) is 0 Å². The van der Waals surface area contributed by atoms with Gasteiger partial charge >= 0.3 is 6.20 Å². The van der Waals surface area contributed by atoms with Crippen LogP contribution in [0.4, 0.5) is 5.69 Å². The van der Waals surface area contributed by atoms with E-state index in [4.69, 9.17) is 11.1 Å². The normalized spacial score (nSPS) is 10.9. The summed E-state index contributed by atoms with van der Waals surface area (Å²) in [5.41, 5.74) is 8.47. The molecule has 0 fully saturated rings. The van der Waals surface area contributed by atoms with E-state index in [-0.39, 0.29) is 0 Å². The first-order valence-electron chi connectivity index (χ1n) is 4.06. The van der Waals surface area contributed by atoms with Crippen molar-refractivity contribution in [3.05, 3.63) is 46.6 Å². The van der Waals surface area contributed by atoms with E-state index in [1.165, 1.54) is 6.20 Å². The average molecular weight is 174 g/mol. The smallest absolute Gasteiger partial charge is 0.349 e. The Hall–Kier alpha value is -1.82. The summed E-state index contributed by atoms with van der Waals surface area (Å²) in [4.78, 5) is 2.96. The predicted molar refractivity (Wildman–Crippen MR) is 53.4 cm³/mol. The SMILES string of the molecule is C/C(=C\[N+]#N)Cc1ccc(N)cc1. The van der Waals surface area contributed by atoms with Crippen LogP contribution >= 0.6 is 0 Å². The maximum atomic E-state index is 8.29. The summed E-state index contributed by atoms with van der Waals surface area (Å²) < 4.78 is 0. The molecule has 0 aliphatic carbocycles. The van der Waals surface area contributed by atoms with E-state index in [0.29, 0.717) is 0 Å². The van der Waals surface area contributed by atoms with Gasteiger partial charge in [0.25, 0.3) is 0 Å². The number of allylic oxidation sites excluding steroid dienone is 1. The quantitative estimate of drug-likeness (QED) is 0.553. The van der Waals surface area contributed by atoms with Crippen LogP contribution < -0.4 is 5.73 Å². The number of hydrogen-bond donors (Lipinski definition) is 1. The first-order chi connectivity index (χ1) is 6.22. The lowest BCUT2D eigenvalue weighted by Crippen LogP contribution is -1.88. The van der Waals surface area contributed by atoms with Gasteiger partial charge in [0.1, 0.15) is 0 Å². The Morgan fingerprint density at radius 3 is 2.62 bits per heavy atom. The van der Waals surface area contributed by atoms with Crippen molar-refractivity contribution in [2.24, 2.45) is 0 Å². The number of nitrogens with two attached hydrogens (primary N) is 1. The highest BCUT2D eigenvalue weighted by atomic mass is 14.8. The highest BCUT2D eigenvalue weighted by Gasteiger charge is 1.98. The second-order valence-corrected chi connectivity index (χ2v) is 3.01. The summed E-state index contributed by atoms with van der Waals surface area (Å²) >= 11 is 0. The van der Waals surface area contributed by atoms with Crippen molar-refractivity contribution >= 4 is 5.69 Å². The molecule has 3 heteroatoms. The summed E-state index contributed by atoms with van der Waals surface area (Å²) in [7, 11) is 0. The molecule has 66 valence electrons. The maximum Gasteiger partial charge on any atom is 0.349 e. The van der Waals surface area contributed by atoms with Crippen LogP contribution in [0.2, 0.25) is 0 Å². The van der Waals surface area contributed by atoms with Gasteiger partial charge < -0.3 is 5.73 Å². The largest absolute Gasteiger partial charge is 0.399 e. The molecule has 0 bridgehead atoms. The standard InChI is InChI=1S/C10H12N3/c1-8(7-13-12)6-9-2-4-10(11)5-3-9/h2-5,7H,6,11H2,1H3/q+1/b8-7+. The fourth-order valence-electron chi connectivity index (χ4n) is 1.10. The highest BCUT2D eigenvalue weighted by Crippen LogP contribution is 2.10. The number of nitrogen functional groups attached to an aromatic ring is 1. The summed E-state index contributed by atoms with van der Waals surface area (Å²) in [5.74, 6) is 0. The van der Waals surface area contributed by atoms with Crippen molar-refractivity contribution in [2.75, 3.05) is 5.73 Å². The Kier molecular flexibility index (Phi) is 3.04. The van der Waals surface area contributed by atoms with E-state index in [2.05, 4.69) is 4.98 Å². The number of anilines is 1. The van der Waals surface area contributed by atoms with E-state index in [9.17, 15) is 0 Å². The van der Waals surface area contributed by atoms with Gasteiger partial charge in [-0.2, -0.15) is 0 Å². The molecule has 1 aromatic rings. The van der Waals surface area contributed by atoms with Crippen molar-refractivity contribution < 1.29 is 0 Å².